The van der Waals surface area contributed by atoms with E-state index < -0.39 is 0 Å². The van der Waals surface area contributed by atoms with Crippen LogP contribution in [0.25, 0.3) is 239 Å². The average molecular weight is 1960 g/mol. The van der Waals surface area contributed by atoms with Crippen molar-refractivity contribution >= 4 is 238 Å². The third-order valence-electron chi connectivity index (χ3n) is 29.4. The van der Waals surface area contributed by atoms with E-state index in [2.05, 4.69) is 424 Å². The molecule has 12 heteroatoms. The Morgan fingerprint density at radius 3 is 1.12 bits per heavy atom. The van der Waals surface area contributed by atoms with Crippen LogP contribution in [0.3, 0.4) is 0 Å². The SMILES string of the molecule is Brc1ccc2c3cc4sc5cc6c7ccccc7c7ccccc7c6cc5c4cc3n(-c3cc(-c4ccccc4)nc(-c4ccccc4)n3)c2c1.COc1ccc(Cc2cc3c4c(cccc4c2)CC=C3)cc1.COc1ccc(N(c2cc3c4c(cccc4c2)CC=C3)c2ccc3c4cc5sc6cc7c8ccccc8c8ccccc8c7cc6c5cc4n(-c4cc(-c5ccccc5)nc(-c5ccccc5)n4)c3c2)cc1. The molecular weight excluding hydrogens is 1870 g/mol. The number of fused-ring (bicyclic) bond motifs is 24. The minimum atomic E-state index is 0.670. The Balaban J connectivity index is 0.000000120. The summed E-state index contributed by atoms with van der Waals surface area (Å²) in [6, 6.07) is 153. The summed E-state index contributed by atoms with van der Waals surface area (Å²) < 4.78 is 21.7. The van der Waals surface area contributed by atoms with Gasteiger partial charge in [-0.05, 0) is 260 Å². The Morgan fingerprint density at radius 2 is 0.655 bits per heavy atom. The summed E-state index contributed by atoms with van der Waals surface area (Å²) in [7, 11) is 3.42. The largest absolute Gasteiger partial charge is 0.497 e. The number of halogens is 1. The smallest absolute Gasteiger partial charge is 0.162 e. The minimum absolute atomic E-state index is 0.670. The lowest BCUT2D eigenvalue weighted by molar-refractivity contribution is 0.414. The first-order valence-electron chi connectivity index (χ1n) is 49.1. The maximum Gasteiger partial charge on any atom is 0.162 e. The molecule has 30 rings (SSSR count). The van der Waals surface area contributed by atoms with Crippen molar-refractivity contribution < 1.29 is 9.47 Å². The van der Waals surface area contributed by atoms with E-state index in [-0.39, 0.29) is 0 Å². The number of anilines is 3. The molecule has 2 aliphatic carbocycles. The number of ether oxygens (including phenoxy) is 2. The summed E-state index contributed by atoms with van der Waals surface area (Å²) in [6.45, 7) is 0. The van der Waals surface area contributed by atoms with E-state index in [0.717, 1.165) is 125 Å². The molecule has 0 bridgehead atoms. The summed E-state index contributed by atoms with van der Waals surface area (Å²) in [5.41, 5.74) is 21.3. The van der Waals surface area contributed by atoms with Crippen LogP contribution in [-0.4, -0.2) is 43.3 Å². The maximum absolute atomic E-state index is 5.68. The van der Waals surface area contributed by atoms with Crippen molar-refractivity contribution in [2.45, 2.75) is 19.3 Å². The van der Waals surface area contributed by atoms with Gasteiger partial charge in [0.2, 0.25) is 0 Å². The van der Waals surface area contributed by atoms with E-state index in [0.29, 0.717) is 11.6 Å². The molecule has 0 unspecified atom stereocenters. The summed E-state index contributed by atoms with van der Waals surface area (Å²) in [6.07, 6.45) is 12.0. The second-order valence-corrected chi connectivity index (χ2v) is 40.9. The summed E-state index contributed by atoms with van der Waals surface area (Å²) in [4.78, 5) is 23.5. The number of hydrogen-bond donors (Lipinski definition) is 0. The highest BCUT2D eigenvalue weighted by atomic mass is 79.9. The van der Waals surface area contributed by atoms with Crippen LogP contribution in [0.4, 0.5) is 17.1 Å². The van der Waals surface area contributed by atoms with Crippen molar-refractivity contribution in [1.29, 1.82) is 0 Å². The van der Waals surface area contributed by atoms with E-state index in [1.54, 1.807) is 14.2 Å². The predicted molar refractivity (Wildman–Crippen MR) is 617 cm³/mol. The summed E-state index contributed by atoms with van der Waals surface area (Å²) in [5, 5.41) is 30.5. The predicted octanol–water partition coefficient (Wildman–Crippen LogP) is 36.4. The molecule has 0 radical (unpaired) electrons. The number of allylic oxidation sites excluding steroid dienone is 2. The van der Waals surface area contributed by atoms with Gasteiger partial charge in [-0.15, -0.1) is 22.7 Å². The Labute approximate surface area is 851 Å². The highest BCUT2D eigenvalue weighted by Gasteiger charge is 2.27. The van der Waals surface area contributed by atoms with Crippen molar-refractivity contribution in [3.8, 4) is 68.4 Å². The first kappa shape index (κ1) is 85.5. The van der Waals surface area contributed by atoms with Crippen LogP contribution in [0, 0.1) is 0 Å². The summed E-state index contributed by atoms with van der Waals surface area (Å²) in [5.74, 6) is 4.72. The fourth-order valence-electron chi connectivity index (χ4n) is 22.8. The van der Waals surface area contributed by atoms with Crippen molar-refractivity contribution in [3.05, 3.63) is 475 Å². The number of benzene rings is 22. The van der Waals surface area contributed by atoms with Gasteiger partial charge in [-0.2, -0.15) is 0 Å². The molecule has 0 spiro atoms. The van der Waals surface area contributed by atoms with Crippen LogP contribution in [0.5, 0.6) is 11.5 Å². The second kappa shape index (κ2) is 35.0. The highest BCUT2D eigenvalue weighted by molar-refractivity contribution is 9.10. The molecule has 145 heavy (non-hydrogen) atoms. The molecule has 0 N–H and O–H groups in total. The molecule has 0 saturated heterocycles. The monoisotopic (exact) mass is 1960 g/mol. The Kier molecular flexibility index (Phi) is 20.6. The van der Waals surface area contributed by atoms with Crippen molar-refractivity contribution in [2.75, 3.05) is 19.1 Å². The van der Waals surface area contributed by atoms with Gasteiger partial charge >= 0.3 is 0 Å². The molecule has 0 aliphatic heterocycles. The Bertz CT molecular complexity index is 10200. The first-order chi connectivity index (χ1) is 71.6. The number of methoxy groups -OCH3 is 2. The fraction of sp³-hybridized carbons (Fsp3) is 0.0376. The number of thiophene rings is 2. The second-order valence-electron chi connectivity index (χ2n) is 37.8. The Hall–Kier alpha value is -17.5. The van der Waals surface area contributed by atoms with E-state index >= 15 is 0 Å². The number of rotatable bonds is 13. The summed E-state index contributed by atoms with van der Waals surface area (Å²) >= 11 is 7.54. The zero-order valence-electron chi connectivity index (χ0n) is 79.0. The quantitative estimate of drug-likeness (QED) is 0.106. The first-order valence-corrected chi connectivity index (χ1v) is 51.6. The molecule has 9 nitrogen and oxygen atoms in total. The molecule has 6 aromatic heterocycles. The van der Waals surface area contributed by atoms with Gasteiger partial charge in [0.15, 0.2) is 11.6 Å². The van der Waals surface area contributed by atoms with Gasteiger partial charge in [0.25, 0.3) is 0 Å². The average Bonchev–Trinajstić information content (AvgIpc) is 1.56. The number of aromatic nitrogens is 6. The van der Waals surface area contributed by atoms with E-state index in [4.69, 9.17) is 29.4 Å². The van der Waals surface area contributed by atoms with Crippen molar-refractivity contribution in [3.63, 3.8) is 0 Å². The lowest BCUT2D eigenvalue weighted by Gasteiger charge is -2.27. The maximum atomic E-state index is 5.68. The zero-order chi connectivity index (χ0) is 96.0. The van der Waals surface area contributed by atoms with Gasteiger partial charge in [0.05, 0.1) is 47.7 Å². The van der Waals surface area contributed by atoms with Crippen LogP contribution in [0.2, 0.25) is 0 Å². The fourth-order valence-corrected chi connectivity index (χ4v) is 25.4. The molecule has 2 aliphatic rings. The molecule has 0 amide bonds. The van der Waals surface area contributed by atoms with Crippen molar-refractivity contribution in [1.82, 2.24) is 29.1 Å². The Morgan fingerprint density at radius 1 is 0.276 bits per heavy atom. The van der Waals surface area contributed by atoms with Crippen LogP contribution in [0.1, 0.15) is 33.4 Å². The van der Waals surface area contributed by atoms with Crippen LogP contribution < -0.4 is 14.4 Å². The minimum Gasteiger partial charge on any atom is -0.497 e. The van der Waals surface area contributed by atoms with Gasteiger partial charge in [0.1, 0.15) is 23.1 Å². The van der Waals surface area contributed by atoms with Crippen LogP contribution in [-0.2, 0) is 19.3 Å². The molecule has 684 valence electrons. The van der Waals surface area contributed by atoms with Gasteiger partial charge in [-0.1, -0.05) is 331 Å². The van der Waals surface area contributed by atoms with Gasteiger partial charge < -0.3 is 14.4 Å². The van der Waals surface area contributed by atoms with Crippen LogP contribution in [0.15, 0.2) is 441 Å². The lowest BCUT2D eigenvalue weighted by atomic mass is 9.90. The van der Waals surface area contributed by atoms with E-state index in [1.807, 2.05) is 77.3 Å². The van der Waals surface area contributed by atoms with Crippen LogP contribution >= 0.6 is 38.6 Å². The number of nitrogens with zero attached hydrogens (tertiary/aromatic N) is 7. The molecular formula is C133H86BrN7O2S2. The lowest BCUT2D eigenvalue weighted by Crippen LogP contribution is -2.11. The molecule has 0 atom stereocenters. The van der Waals surface area contributed by atoms with Gasteiger partial charge in [-0.25, -0.2) is 19.9 Å². The van der Waals surface area contributed by atoms with Gasteiger partial charge in [-0.3, -0.25) is 9.13 Å². The van der Waals surface area contributed by atoms with E-state index in [1.165, 1.54) is 176 Å². The normalized spacial score (nSPS) is 12.3. The molecule has 22 aromatic carbocycles. The molecule has 6 heterocycles. The zero-order valence-corrected chi connectivity index (χ0v) is 82.2. The standard InChI is InChI=1S/C66H42N4OS.C46H26BrN3S.C21H18O/c1-71-48-29-26-45(27-30-48)69(47-32-43-20-12-18-41-19-13-21-44(33-47)65(41)43)46-28-31-53-56-38-63-58(57-35-54-51-24-10-8-22-49(51)50-23-9-11-25-52(50)55(54)37-62(57)72-63)36-61(56)70(60(53)34-46)64-39-59(40-14-4-2-5-15-40)67-66(68-64)42-16-6-3-7-17-42;47-29-19-20-34-37-25-44-39(38-22-35-32-17-9-7-15-30(32)31-16-8-10-18-33(31)36(35)24-43(38)51-44)23-42(37)50(41(34)21-29)45-26-40(27-11-3-1-4-12-27)48-46(49-45)28-13-5-2-6-14-28;1-22-20-10-8-15(9-11-20)12-16-13-18-6-2-4-17-5-3-7-19(14-16)21(17)18/h2-18,20-39H,19H2,1H3;1-26H;2-4,6-11,13-14H,5,12H2,1H3. The molecule has 0 saturated carbocycles. The topological polar surface area (TPSA) is 83.1 Å². The third kappa shape index (κ3) is 14.8. The molecule has 0 fully saturated rings. The third-order valence-corrected chi connectivity index (χ3v) is 32.1. The van der Waals surface area contributed by atoms with Gasteiger partial charge in [0, 0.05) is 118 Å². The van der Waals surface area contributed by atoms with E-state index in [9.17, 15) is 0 Å². The van der Waals surface area contributed by atoms with Crippen molar-refractivity contribution in [2.24, 2.45) is 0 Å². The number of hydrogen-bond acceptors (Lipinski definition) is 9. The molecule has 28 aromatic rings. The highest BCUT2D eigenvalue weighted by Crippen LogP contribution is 2.51.